The summed E-state index contributed by atoms with van der Waals surface area (Å²) in [5.41, 5.74) is 4.67. The maximum atomic E-state index is 14.0. The number of hydrogen-bond donors (Lipinski definition) is 5. The van der Waals surface area contributed by atoms with Gasteiger partial charge >= 0.3 is 6.03 Å². The highest BCUT2D eigenvalue weighted by molar-refractivity contribution is 9.10. The Labute approximate surface area is 224 Å². The Morgan fingerprint density at radius 3 is 2.38 bits per heavy atom. The second kappa shape index (κ2) is 14.2. The molecule has 1 aromatic carbocycles. The average molecular weight is 608 g/mol. The Balaban J connectivity index is 1.93. The molecular formula is C22H28BrF2N5O6S. The normalized spacial score (nSPS) is 12.5. The molecule has 15 heteroatoms. The van der Waals surface area contributed by atoms with Crippen LogP contribution in [0.2, 0.25) is 0 Å². The van der Waals surface area contributed by atoms with Crippen molar-refractivity contribution in [2.45, 2.75) is 45.5 Å². The van der Waals surface area contributed by atoms with E-state index in [4.69, 9.17) is 10.5 Å². The highest BCUT2D eigenvalue weighted by Crippen LogP contribution is 2.31. The Hall–Kier alpha value is -2.88. The molecule has 0 aliphatic carbocycles. The predicted molar refractivity (Wildman–Crippen MR) is 135 cm³/mol. The third-order valence-corrected chi connectivity index (χ3v) is 6.37. The van der Waals surface area contributed by atoms with Gasteiger partial charge in [-0.15, -0.1) is 0 Å². The molecule has 0 spiro atoms. The highest BCUT2D eigenvalue weighted by Gasteiger charge is 2.24. The van der Waals surface area contributed by atoms with E-state index in [0.717, 1.165) is 12.1 Å². The van der Waals surface area contributed by atoms with E-state index in [1.807, 2.05) is 13.8 Å². The zero-order chi connectivity index (χ0) is 27.7. The quantitative estimate of drug-likeness (QED) is 0.233. The summed E-state index contributed by atoms with van der Waals surface area (Å²) in [6, 6.07) is 1.27. The number of anilines is 1. The van der Waals surface area contributed by atoms with Gasteiger partial charge in [0, 0.05) is 30.5 Å². The molecule has 2 aromatic rings. The number of rotatable bonds is 13. The standard InChI is InChI=1S/C22H28BrF2N5O6S/c1-3-30(4-2)17(33)8-12(31)7-13(32)9-27-22(35)28-21-18(19(26)34)20(29-37-21)36-10-14-15(24)5-11(23)6-16(14)25/h5-6,12-13,31-32H,3-4,7-10H2,1-2H3,(H2,26,34)(H2,27,28,35)/t12-,13+/m1/s1. The Morgan fingerprint density at radius 1 is 1.19 bits per heavy atom. The monoisotopic (exact) mass is 607 g/mol. The molecule has 0 saturated heterocycles. The van der Waals surface area contributed by atoms with E-state index in [2.05, 4.69) is 30.9 Å². The number of carbonyl (C=O) groups is 3. The van der Waals surface area contributed by atoms with E-state index in [9.17, 15) is 33.4 Å². The van der Waals surface area contributed by atoms with Crippen LogP contribution in [0.1, 0.15) is 42.6 Å². The van der Waals surface area contributed by atoms with Crippen LogP contribution in [-0.4, -0.2) is 69.2 Å². The fourth-order valence-corrected chi connectivity index (χ4v) is 4.41. The summed E-state index contributed by atoms with van der Waals surface area (Å²) in [6.07, 6.45) is -2.57. The number of aliphatic hydroxyl groups excluding tert-OH is 2. The number of carbonyl (C=O) groups excluding carboxylic acids is 3. The molecule has 0 aliphatic heterocycles. The van der Waals surface area contributed by atoms with Gasteiger partial charge in [-0.05, 0) is 37.5 Å². The van der Waals surface area contributed by atoms with Crippen molar-refractivity contribution in [3.05, 3.63) is 39.4 Å². The molecule has 2 rings (SSSR count). The maximum absolute atomic E-state index is 14.0. The topological polar surface area (TPSA) is 167 Å². The van der Waals surface area contributed by atoms with Gasteiger partial charge in [0.25, 0.3) is 5.91 Å². The Bertz CT molecular complexity index is 1090. The van der Waals surface area contributed by atoms with Crippen LogP contribution in [0.15, 0.2) is 16.6 Å². The first-order chi connectivity index (χ1) is 17.5. The summed E-state index contributed by atoms with van der Waals surface area (Å²) in [7, 11) is 0. The zero-order valence-electron chi connectivity index (χ0n) is 20.1. The molecule has 0 aliphatic rings. The molecular weight excluding hydrogens is 580 g/mol. The van der Waals surface area contributed by atoms with Gasteiger partial charge in [0.1, 0.15) is 28.8 Å². The number of hydrogen-bond acceptors (Lipinski definition) is 8. The first-order valence-corrected chi connectivity index (χ1v) is 12.8. The number of nitrogens with zero attached hydrogens (tertiary/aromatic N) is 2. The number of nitrogens with one attached hydrogen (secondary N) is 2. The molecule has 0 unspecified atom stereocenters. The Kier molecular flexibility index (Phi) is 11.6. The van der Waals surface area contributed by atoms with Gasteiger partial charge in [-0.2, -0.15) is 4.37 Å². The first-order valence-electron chi connectivity index (χ1n) is 11.2. The molecule has 4 amide bonds. The van der Waals surface area contributed by atoms with E-state index in [1.54, 1.807) is 4.90 Å². The molecule has 0 radical (unpaired) electrons. The van der Waals surface area contributed by atoms with Crippen molar-refractivity contribution in [2.75, 3.05) is 25.0 Å². The van der Waals surface area contributed by atoms with Crippen molar-refractivity contribution in [1.82, 2.24) is 14.6 Å². The molecule has 1 aromatic heterocycles. The molecule has 6 N–H and O–H groups in total. The van der Waals surface area contributed by atoms with E-state index in [0.29, 0.717) is 24.6 Å². The third kappa shape index (κ3) is 8.87. The van der Waals surface area contributed by atoms with Crippen molar-refractivity contribution in [3.8, 4) is 5.88 Å². The van der Waals surface area contributed by atoms with Crippen LogP contribution in [0.3, 0.4) is 0 Å². The number of aromatic nitrogens is 1. The van der Waals surface area contributed by atoms with Gasteiger partial charge in [0.05, 0.1) is 24.2 Å². The van der Waals surface area contributed by atoms with Gasteiger partial charge < -0.3 is 30.9 Å². The van der Waals surface area contributed by atoms with E-state index in [-0.39, 0.29) is 46.2 Å². The molecule has 204 valence electrons. The number of urea groups is 1. The van der Waals surface area contributed by atoms with Crippen LogP contribution in [0.25, 0.3) is 0 Å². The lowest BCUT2D eigenvalue weighted by atomic mass is 10.1. The number of primary amides is 1. The summed E-state index contributed by atoms with van der Waals surface area (Å²) in [4.78, 5) is 37.8. The largest absolute Gasteiger partial charge is 0.471 e. The second-order valence-corrected chi connectivity index (χ2v) is 9.53. The zero-order valence-corrected chi connectivity index (χ0v) is 22.5. The van der Waals surface area contributed by atoms with Crippen LogP contribution in [0, 0.1) is 11.6 Å². The summed E-state index contributed by atoms with van der Waals surface area (Å²) in [5.74, 6) is -3.32. The van der Waals surface area contributed by atoms with Crippen LogP contribution in [0.5, 0.6) is 5.88 Å². The minimum absolute atomic E-state index is 0.0870. The SMILES string of the molecule is CCN(CC)C(=O)C[C@H](O)C[C@H](O)CNC(=O)Nc1snc(OCc2c(F)cc(Br)cc2F)c1C(N)=O. The smallest absolute Gasteiger partial charge is 0.320 e. The summed E-state index contributed by atoms with van der Waals surface area (Å²) >= 11 is 3.62. The van der Waals surface area contributed by atoms with Gasteiger partial charge in [0.2, 0.25) is 11.8 Å². The second-order valence-electron chi connectivity index (χ2n) is 7.84. The van der Waals surface area contributed by atoms with E-state index >= 15 is 0 Å². The van der Waals surface area contributed by atoms with Crippen molar-refractivity contribution in [3.63, 3.8) is 0 Å². The molecule has 0 saturated carbocycles. The summed E-state index contributed by atoms with van der Waals surface area (Å²) in [6.45, 7) is 3.78. The fraction of sp³-hybridized carbons (Fsp3) is 0.455. The van der Waals surface area contributed by atoms with Crippen molar-refractivity contribution in [2.24, 2.45) is 5.73 Å². The number of benzene rings is 1. The molecule has 37 heavy (non-hydrogen) atoms. The maximum Gasteiger partial charge on any atom is 0.320 e. The van der Waals surface area contributed by atoms with Gasteiger partial charge in [-0.25, -0.2) is 13.6 Å². The lowest BCUT2D eigenvalue weighted by molar-refractivity contribution is -0.133. The Morgan fingerprint density at radius 2 is 1.81 bits per heavy atom. The van der Waals surface area contributed by atoms with Crippen LogP contribution < -0.4 is 21.1 Å². The number of amides is 4. The molecule has 1 heterocycles. The number of aliphatic hydroxyl groups is 2. The summed E-state index contributed by atoms with van der Waals surface area (Å²) < 4.78 is 37.4. The van der Waals surface area contributed by atoms with Gasteiger partial charge in [0.15, 0.2) is 0 Å². The number of nitrogens with two attached hydrogens (primary N) is 1. The van der Waals surface area contributed by atoms with Crippen LogP contribution in [-0.2, 0) is 11.4 Å². The average Bonchev–Trinajstić information content (AvgIpc) is 3.20. The minimum atomic E-state index is -1.16. The van der Waals surface area contributed by atoms with Crippen molar-refractivity contribution in [1.29, 1.82) is 0 Å². The van der Waals surface area contributed by atoms with Gasteiger partial charge in [-0.3, -0.25) is 14.9 Å². The van der Waals surface area contributed by atoms with Crippen LogP contribution in [0.4, 0.5) is 18.6 Å². The highest BCUT2D eigenvalue weighted by atomic mass is 79.9. The summed E-state index contributed by atoms with van der Waals surface area (Å²) in [5, 5.41) is 24.8. The van der Waals surface area contributed by atoms with Crippen molar-refractivity contribution >= 4 is 50.3 Å². The minimum Gasteiger partial charge on any atom is -0.471 e. The van der Waals surface area contributed by atoms with Crippen LogP contribution >= 0.6 is 27.5 Å². The predicted octanol–water partition coefficient (Wildman–Crippen LogP) is 2.35. The van der Waals surface area contributed by atoms with Crippen molar-refractivity contribution < 1.29 is 38.1 Å². The number of halogens is 3. The molecule has 2 atom stereocenters. The molecule has 11 nitrogen and oxygen atoms in total. The number of ether oxygens (including phenoxy) is 1. The lowest BCUT2D eigenvalue weighted by Crippen LogP contribution is -2.38. The third-order valence-electron chi connectivity index (χ3n) is 5.16. The fourth-order valence-electron chi connectivity index (χ4n) is 3.27. The lowest BCUT2D eigenvalue weighted by Gasteiger charge is -2.21. The van der Waals surface area contributed by atoms with E-state index < -0.39 is 48.0 Å². The van der Waals surface area contributed by atoms with E-state index in [1.165, 1.54) is 0 Å². The van der Waals surface area contributed by atoms with Gasteiger partial charge in [-0.1, -0.05) is 15.9 Å². The molecule has 0 bridgehead atoms. The molecule has 0 fully saturated rings. The first kappa shape index (κ1) is 30.3.